The summed E-state index contributed by atoms with van der Waals surface area (Å²) >= 11 is 6.18. The number of carbonyl (C=O) groups is 2. The van der Waals surface area contributed by atoms with Crippen molar-refractivity contribution in [2.75, 3.05) is 19.6 Å². The van der Waals surface area contributed by atoms with Crippen LogP contribution in [0.4, 0.5) is 0 Å². The number of carbonyl (C=O) groups excluding carboxylic acids is 2. The number of amides is 2. The van der Waals surface area contributed by atoms with Crippen molar-refractivity contribution < 1.29 is 9.59 Å². The molecule has 0 bridgehead atoms. The van der Waals surface area contributed by atoms with Gasteiger partial charge >= 0.3 is 0 Å². The lowest BCUT2D eigenvalue weighted by Crippen LogP contribution is -2.56. The minimum Gasteiger partial charge on any atom is -0.332 e. The summed E-state index contributed by atoms with van der Waals surface area (Å²) in [7, 11) is 0. The number of rotatable bonds is 1. The van der Waals surface area contributed by atoms with Crippen LogP contribution in [0.25, 0.3) is 0 Å². The Bertz CT molecular complexity index is 669. The highest BCUT2D eigenvalue weighted by Crippen LogP contribution is 2.36. The Morgan fingerprint density at radius 1 is 1.17 bits per heavy atom. The molecule has 0 aromatic heterocycles. The van der Waals surface area contributed by atoms with E-state index in [1.165, 1.54) is 12.0 Å². The number of nitrogens with zero attached hydrogens (tertiary/aromatic N) is 2. The van der Waals surface area contributed by atoms with Gasteiger partial charge in [0, 0.05) is 24.0 Å². The van der Waals surface area contributed by atoms with Crippen molar-refractivity contribution in [3.8, 4) is 0 Å². The lowest BCUT2D eigenvalue weighted by Gasteiger charge is -2.45. The fourth-order valence-electron chi connectivity index (χ4n) is 4.47. The highest BCUT2D eigenvalue weighted by Gasteiger charge is 2.40. The van der Waals surface area contributed by atoms with E-state index < -0.39 is 0 Å². The second-order valence-electron chi connectivity index (χ2n) is 7.25. The van der Waals surface area contributed by atoms with E-state index in [4.69, 9.17) is 11.6 Å². The molecule has 2 fully saturated rings. The van der Waals surface area contributed by atoms with E-state index in [0.717, 1.165) is 44.2 Å². The lowest BCUT2D eigenvalue weighted by molar-refractivity contribution is -0.152. The molecule has 1 atom stereocenters. The minimum absolute atomic E-state index is 0.0405. The molecule has 4 nitrogen and oxygen atoms in total. The maximum Gasteiger partial charge on any atom is 0.242 e. The van der Waals surface area contributed by atoms with E-state index in [2.05, 4.69) is 6.07 Å². The number of piperazine rings is 1. The average Bonchev–Trinajstić information content (AvgIpc) is 2.61. The highest BCUT2D eigenvalue weighted by atomic mass is 35.5. The summed E-state index contributed by atoms with van der Waals surface area (Å²) in [4.78, 5) is 29.2. The van der Waals surface area contributed by atoms with E-state index in [0.29, 0.717) is 11.6 Å². The molecule has 5 heteroatoms. The summed E-state index contributed by atoms with van der Waals surface area (Å²) < 4.78 is 0. The van der Waals surface area contributed by atoms with Gasteiger partial charge < -0.3 is 9.80 Å². The second-order valence-corrected chi connectivity index (χ2v) is 7.69. The normalized spacial score (nSPS) is 24.5. The third-order valence-electron chi connectivity index (χ3n) is 5.77. The van der Waals surface area contributed by atoms with Crippen LogP contribution in [0, 0.1) is 5.92 Å². The highest BCUT2D eigenvalue weighted by molar-refractivity contribution is 6.30. The van der Waals surface area contributed by atoms with Crippen LogP contribution in [0.2, 0.25) is 5.02 Å². The summed E-state index contributed by atoms with van der Waals surface area (Å²) in [5.74, 6) is 0.360. The summed E-state index contributed by atoms with van der Waals surface area (Å²) in [6.07, 6.45) is 6.30. The first-order chi connectivity index (χ1) is 11.6. The van der Waals surface area contributed by atoms with Gasteiger partial charge in [0.25, 0.3) is 0 Å². The summed E-state index contributed by atoms with van der Waals surface area (Å²) in [5.41, 5.74) is 2.36. The zero-order valence-corrected chi connectivity index (χ0v) is 14.6. The van der Waals surface area contributed by atoms with Crippen LogP contribution in [-0.4, -0.2) is 41.2 Å². The zero-order valence-electron chi connectivity index (χ0n) is 13.8. The molecule has 0 radical (unpaired) electrons. The van der Waals surface area contributed by atoms with Crippen LogP contribution in [-0.2, 0) is 16.0 Å². The number of hydrogen-bond acceptors (Lipinski definition) is 2. The first-order valence-corrected chi connectivity index (χ1v) is 9.38. The Balaban J connectivity index is 1.59. The van der Waals surface area contributed by atoms with Crippen molar-refractivity contribution in [1.82, 2.24) is 9.80 Å². The van der Waals surface area contributed by atoms with Crippen molar-refractivity contribution in [2.24, 2.45) is 5.92 Å². The van der Waals surface area contributed by atoms with E-state index in [9.17, 15) is 9.59 Å². The fourth-order valence-corrected chi connectivity index (χ4v) is 4.65. The Morgan fingerprint density at radius 2 is 1.96 bits per heavy atom. The average molecular weight is 347 g/mol. The SMILES string of the molecule is O=C(C1CCCCC1)N1CC(=O)N2CCc3ccc(Cl)cc3C2C1. The standard InChI is InChI=1S/C19H23ClN2O2/c20-15-7-6-13-8-9-22-17(16(13)10-15)11-21(12-18(22)23)19(24)14-4-2-1-3-5-14/h6-7,10,14,17H,1-5,8-9,11-12H2. The summed E-state index contributed by atoms with van der Waals surface area (Å²) in [5, 5.41) is 0.693. The molecule has 2 heterocycles. The second kappa shape index (κ2) is 6.40. The summed E-state index contributed by atoms with van der Waals surface area (Å²) in [6, 6.07) is 5.89. The number of hydrogen-bond donors (Lipinski definition) is 0. The Hall–Kier alpha value is -1.55. The molecule has 1 aromatic carbocycles. The fraction of sp³-hybridized carbons (Fsp3) is 0.579. The monoisotopic (exact) mass is 346 g/mol. The van der Waals surface area contributed by atoms with Crippen LogP contribution < -0.4 is 0 Å². The van der Waals surface area contributed by atoms with E-state index in [-0.39, 0.29) is 30.3 Å². The molecule has 1 unspecified atom stereocenters. The smallest absolute Gasteiger partial charge is 0.242 e. The van der Waals surface area contributed by atoms with Crippen LogP contribution in [0.15, 0.2) is 18.2 Å². The van der Waals surface area contributed by atoms with Gasteiger partial charge in [0.05, 0.1) is 12.6 Å². The lowest BCUT2D eigenvalue weighted by atomic mass is 9.87. The Morgan fingerprint density at radius 3 is 2.75 bits per heavy atom. The Kier molecular flexibility index (Phi) is 4.25. The quantitative estimate of drug-likeness (QED) is 0.783. The third kappa shape index (κ3) is 2.81. The van der Waals surface area contributed by atoms with Crippen molar-refractivity contribution in [2.45, 2.75) is 44.6 Å². The molecular formula is C19H23ClN2O2. The maximum atomic E-state index is 12.9. The van der Waals surface area contributed by atoms with Crippen LogP contribution >= 0.6 is 11.6 Å². The maximum absolute atomic E-state index is 12.9. The molecule has 0 N–H and O–H groups in total. The topological polar surface area (TPSA) is 40.6 Å². The van der Waals surface area contributed by atoms with Gasteiger partial charge in [0.1, 0.15) is 0 Å². The van der Waals surface area contributed by atoms with Crippen LogP contribution in [0.3, 0.4) is 0 Å². The van der Waals surface area contributed by atoms with E-state index in [1.54, 1.807) is 4.90 Å². The third-order valence-corrected chi connectivity index (χ3v) is 6.01. The number of benzene rings is 1. The van der Waals surface area contributed by atoms with Gasteiger partial charge in [-0.25, -0.2) is 0 Å². The van der Waals surface area contributed by atoms with Crippen LogP contribution in [0.5, 0.6) is 0 Å². The number of halogens is 1. The zero-order chi connectivity index (χ0) is 16.7. The van der Waals surface area contributed by atoms with E-state index in [1.807, 2.05) is 17.0 Å². The molecule has 1 saturated carbocycles. The molecule has 0 spiro atoms. The van der Waals surface area contributed by atoms with Gasteiger partial charge in [-0.3, -0.25) is 9.59 Å². The van der Waals surface area contributed by atoms with Crippen molar-refractivity contribution >= 4 is 23.4 Å². The van der Waals surface area contributed by atoms with Gasteiger partial charge in [-0.15, -0.1) is 0 Å². The van der Waals surface area contributed by atoms with Crippen molar-refractivity contribution in [3.05, 3.63) is 34.3 Å². The van der Waals surface area contributed by atoms with Gasteiger partial charge in [-0.2, -0.15) is 0 Å². The predicted octanol–water partition coefficient (Wildman–Crippen LogP) is 3.19. The minimum atomic E-state index is -0.0405. The van der Waals surface area contributed by atoms with Gasteiger partial charge in [0.2, 0.25) is 11.8 Å². The first-order valence-electron chi connectivity index (χ1n) is 9.00. The van der Waals surface area contributed by atoms with E-state index >= 15 is 0 Å². The van der Waals surface area contributed by atoms with Crippen molar-refractivity contribution in [1.29, 1.82) is 0 Å². The molecule has 128 valence electrons. The molecule has 4 rings (SSSR count). The molecule has 2 aliphatic heterocycles. The largest absolute Gasteiger partial charge is 0.332 e. The molecule has 1 saturated heterocycles. The first kappa shape index (κ1) is 15.9. The van der Waals surface area contributed by atoms with Crippen molar-refractivity contribution in [3.63, 3.8) is 0 Å². The van der Waals surface area contributed by atoms with Gasteiger partial charge in [-0.05, 0) is 42.5 Å². The number of fused-ring (bicyclic) bond motifs is 3. The molecule has 24 heavy (non-hydrogen) atoms. The predicted molar refractivity (Wildman–Crippen MR) is 92.8 cm³/mol. The Labute approximate surface area is 147 Å². The molecule has 1 aromatic rings. The van der Waals surface area contributed by atoms with Crippen LogP contribution in [0.1, 0.15) is 49.3 Å². The molecule has 3 aliphatic rings. The molecular weight excluding hydrogens is 324 g/mol. The van der Waals surface area contributed by atoms with Gasteiger partial charge in [-0.1, -0.05) is 36.9 Å². The molecule has 2 amide bonds. The van der Waals surface area contributed by atoms with Gasteiger partial charge in [0.15, 0.2) is 0 Å². The molecule has 1 aliphatic carbocycles. The summed E-state index contributed by atoms with van der Waals surface area (Å²) in [6.45, 7) is 1.58.